The molecule has 0 atom stereocenters. The van der Waals surface area contributed by atoms with Crippen molar-refractivity contribution in [2.75, 3.05) is 6.54 Å². The summed E-state index contributed by atoms with van der Waals surface area (Å²) in [7, 11) is 0. The molecule has 1 aromatic heterocycles. The molecule has 1 fully saturated rings. The normalized spacial score (nSPS) is 28.5. The van der Waals surface area contributed by atoms with Gasteiger partial charge in [-0.3, -0.25) is 0 Å². The van der Waals surface area contributed by atoms with Crippen molar-refractivity contribution in [1.82, 2.24) is 5.32 Å². The number of aryl methyl sites for hydroxylation is 1. The van der Waals surface area contributed by atoms with Crippen molar-refractivity contribution in [3.8, 4) is 0 Å². The summed E-state index contributed by atoms with van der Waals surface area (Å²) in [6.45, 7) is 5.73. The minimum Gasteiger partial charge on any atom is -0.465 e. The SMILES string of the molecule is CCc1ccc(CNCC2(O)CCC(C)CC2)o1. The van der Waals surface area contributed by atoms with E-state index < -0.39 is 5.60 Å². The Morgan fingerprint density at radius 2 is 2.00 bits per heavy atom. The van der Waals surface area contributed by atoms with Gasteiger partial charge in [0, 0.05) is 13.0 Å². The van der Waals surface area contributed by atoms with E-state index in [1.165, 1.54) is 0 Å². The van der Waals surface area contributed by atoms with Crippen LogP contribution in [0.3, 0.4) is 0 Å². The fourth-order valence-corrected chi connectivity index (χ4v) is 2.60. The zero-order valence-corrected chi connectivity index (χ0v) is 11.5. The molecular formula is C15H25NO2. The molecular weight excluding hydrogens is 226 g/mol. The summed E-state index contributed by atoms with van der Waals surface area (Å²) in [5, 5.41) is 13.7. The lowest BCUT2D eigenvalue weighted by Crippen LogP contribution is -2.43. The first-order chi connectivity index (χ1) is 8.61. The van der Waals surface area contributed by atoms with Gasteiger partial charge in [0.05, 0.1) is 12.1 Å². The summed E-state index contributed by atoms with van der Waals surface area (Å²) in [6.07, 6.45) is 5.04. The molecule has 0 amide bonds. The van der Waals surface area contributed by atoms with Crippen LogP contribution < -0.4 is 5.32 Å². The van der Waals surface area contributed by atoms with Crippen molar-refractivity contribution >= 4 is 0 Å². The number of hydrogen-bond donors (Lipinski definition) is 2. The highest BCUT2D eigenvalue weighted by Crippen LogP contribution is 2.31. The highest BCUT2D eigenvalue weighted by Gasteiger charge is 2.31. The topological polar surface area (TPSA) is 45.4 Å². The maximum absolute atomic E-state index is 10.4. The second kappa shape index (κ2) is 5.89. The van der Waals surface area contributed by atoms with Gasteiger partial charge in [-0.15, -0.1) is 0 Å². The first-order valence-electron chi connectivity index (χ1n) is 7.12. The standard InChI is InChI=1S/C15H25NO2/c1-3-13-4-5-14(18-13)10-16-11-15(17)8-6-12(2)7-9-15/h4-5,12,16-17H,3,6-11H2,1-2H3. The van der Waals surface area contributed by atoms with Crippen molar-refractivity contribution in [3.63, 3.8) is 0 Å². The third-order valence-corrected chi connectivity index (χ3v) is 4.02. The van der Waals surface area contributed by atoms with Gasteiger partial charge in [0.25, 0.3) is 0 Å². The number of hydrogen-bond acceptors (Lipinski definition) is 3. The molecule has 0 unspecified atom stereocenters. The highest BCUT2D eigenvalue weighted by atomic mass is 16.3. The Morgan fingerprint density at radius 3 is 2.61 bits per heavy atom. The van der Waals surface area contributed by atoms with Crippen LogP contribution in [-0.2, 0) is 13.0 Å². The summed E-state index contributed by atoms with van der Waals surface area (Å²) < 4.78 is 5.63. The summed E-state index contributed by atoms with van der Waals surface area (Å²) in [5.41, 5.74) is -0.507. The van der Waals surface area contributed by atoms with Gasteiger partial charge in [0.1, 0.15) is 11.5 Å². The molecule has 1 aliphatic rings. The molecule has 0 aromatic carbocycles. The molecule has 2 N–H and O–H groups in total. The Kier molecular flexibility index (Phi) is 4.46. The predicted octanol–water partition coefficient (Wildman–Crippen LogP) is 2.87. The monoisotopic (exact) mass is 251 g/mol. The molecule has 0 radical (unpaired) electrons. The Labute approximate surface area is 110 Å². The van der Waals surface area contributed by atoms with Gasteiger partial charge in [0.15, 0.2) is 0 Å². The van der Waals surface area contributed by atoms with Crippen molar-refractivity contribution in [2.45, 2.75) is 58.1 Å². The van der Waals surface area contributed by atoms with Gasteiger partial charge in [-0.2, -0.15) is 0 Å². The van der Waals surface area contributed by atoms with Crippen molar-refractivity contribution in [1.29, 1.82) is 0 Å². The van der Waals surface area contributed by atoms with Crippen molar-refractivity contribution in [3.05, 3.63) is 23.7 Å². The molecule has 1 aliphatic carbocycles. The lowest BCUT2D eigenvalue weighted by Gasteiger charge is -2.35. The molecule has 0 saturated heterocycles. The third kappa shape index (κ3) is 3.59. The zero-order valence-electron chi connectivity index (χ0n) is 11.5. The lowest BCUT2D eigenvalue weighted by molar-refractivity contribution is -0.00657. The van der Waals surface area contributed by atoms with E-state index in [2.05, 4.69) is 19.2 Å². The van der Waals surface area contributed by atoms with Crippen LogP contribution in [0.5, 0.6) is 0 Å². The van der Waals surface area contributed by atoms with Crippen LogP contribution in [-0.4, -0.2) is 17.3 Å². The van der Waals surface area contributed by atoms with E-state index in [0.29, 0.717) is 13.1 Å². The van der Waals surface area contributed by atoms with Crippen LogP contribution in [0.2, 0.25) is 0 Å². The van der Waals surface area contributed by atoms with Gasteiger partial charge in [-0.1, -0.05) is 13.8 Å². The summed E-state index contributed by atoms with van der Waals surface area (Å²) in [5.74, 6) is 2.75. The van der Waals surface area contributed by atoms with E-state index >= 15 is 0 Å². The van der Waals surface area contributed by atoms with Crippen LogP contribution >= 0.6 is 0 Å². The quantitative estimate of drug-likeness (QED) is 0.846. The number of furan rings is 1. The Balaban J connectivity index is 1.74. The van der Waals surface area contributed by atoms with Crippen molar-refractivity contribution in [2.24, 2.45) is 5.92 Å². The van der Waals surface area contributed by atoms with E-state index in [0.717, 1.165) is 49.5 Å². The molecule has 2 rings (SSSR count). The van der Waals surface area contributed by atoms with Crippen LogP contribution in [0.15, 0.2) is 16.5 Å². The first-order valence-corrected chi connectivity index (χ1v) is 7.12. The summed E-state index contributed by atoms with van der Waals surface area (Å²) in [6, 6.07) is 4.03. The molecule has 3 nitrogen and oxygen atoms in total. The minimum absolute atomic E-state index is 0.507. The van der Waals surface area contributed by atoms with E-state index in [1.807, 2.05) is 12.1 Å². The molecule has 1 aromatic rings. The zero-order chi connectivity index (χ0) is 13.0. The van der Waals surface area contributed by atoms with Gasteiger partial charge in [-0.05, 0) is 43.7 Å². The van der Waals surface area contributed by atoms with Crippen LogP contribution in [0.1, 0.15) is 51.1 Å². The largest absolute Gasteiger partial charge is 0.465 e. The first kappa shape index (κ1) is 13.6. The average molecular weight is 251 g/mol. The van der Waals surface area contributed by atoms with E-state index in [1.54, 1.807) is 0 Å². The van der Waals surface area contributed by atoms with Crippen LogP contribution in [0.4, 0.5) is 0 Å². The Hall–Kier alpha value is -0.800. The van der Waals surface area contributed by atoms with E-state index in [4.69, 9.17) is 4.42 Å². The van der Waals surface area contributed by atoms with Gasteiger partial charge in [0.2, 0.25) is 0 Å². The van der Waals surface area contributed by atoms with E-state index in [9.17, 15) is 5.11 Å². The number of nitrogens with one attached hydrogen (secondary N) is 1. The fourth-order valence-electron chi connectivity index (χ4n) is 2.60. The lowest BCUT2D eigenvalue weighted by atomic mass is 9.79. The summed E-state index contributed by atoms with van der Waals surface area (Å²) >= 11 is 0. The fraction of sp³-hybridized carbons (Fsp3) is 0.733. The minimum atomic E-state index is -0.507. The number of rotatable bonds is 5. The van der Waals surface area contributed by atoms with Crippen molar-refractivity contribution < 1.29 is 9.52 Å². The van der Waals surface area contributed by atoms with Crippen LogP contribution in [0, 0.1) is 5.92 Å². The molecule has 18 heavy (non-hydrogen) atoms. The molecule has 0 bridgehead atoms. The highest BCUT2D eigenvalue weighted by molar-refractivity contribution is 5.06. The van der Waals surface area contributed by atoms with Gasteiger partial charge in [-0.25, -0.2) is 0 Å². The molecule has 102 valence electrons. The van der Waals surface area contributed by atoms with E-state index in [-0.39, 0.29) is 0 Å². The third-order valence-electron chi connectivity index (χ3n) is 4.02. The second-order valence-corrected chi connectivity index (χ2v) is 5.73. The predicted molar refractivity (Wildman–Crippen MR) is 72.4 cm³/mol. The second-order valence-electron chi connectivity index (χ2n) is 5.73. The molecule has 1 saturated carbocycles. The Morgan fingerprint density at radius 1 is 1.33 bits per heavy atom. The molecule has 1 heterocycles. The summed E-state index contributed by atoms with van der Waals surface area (Å²) in [4.78, 5) is 0. The average Bonchev–Trinajstić information content (AvgIpc) is 2.81. The maximum atomic E-state index is 10.4. The van der Waals surface area contributed by atoms with Crippen LogP contribution in [0.25, 0.3) is 0 Å². The van der Waals surface area contributed by atoms with Gasteiger partial charge < -0.3 is 14.8 Å². The smallest absolute Gasteiger partial charge is 0.117 e. The molecule has 3 heteroatoms. The molecule has 0 spiro atoms. The number of aliphatic hydroxyl groups is 1. The van der Waals surface area contributed by atoms with Gasteiger partial charge >= 0.3 is 0 Å². The molecule has 0 aliphatic heterocycles. The maximum Gasteiger partial charge on any atom is 0.117 e. The Bertz CT molecular complexity index is 364.